The number of rotatable bonds is 7. The van der Waals surface area contributed by atoms with Crippen LogP contribution in [0.2, 0.25) is 15.2 Å². The Kier molecular flexibility index (Phi) is 7.01. The molecule has 2 heterocycles. The summed E-state index contributed by atoms with van der Waals surface area (Å²) in [6.07, 6.45) is 1.55. The average Bonchev–Trinajstić information content (AvgIpc) is 3.02. The predicted octanol–water partition coefficient (Wildman–Crippen LogP) is 4.48. The lowest BCUT2D eigenvalue weighted by Crippen LogP contribution is -2.15. The second-order valence-corrected chi connectivity index (χ2v) is 7.64. The fourth-order valence-electron chi connectivity index (χ4n) is 2.12. The zero-order valence-electron chi connectivity index (χ0n) is 14.5. The van der Waals surface area contributed by atoms with Gasteiger partial charge in [0.05, 0.1) is 16.5 Å². The molecule has 28 heavy (non-hydrogen) atoms. The average molecular weight is 459 g/mol. The Hall–Kier alpha value is -2.00. The standard InChI is InChI=1S/C17H14Cl3N5O2S/c1-25-14(8-27-13-7-10(18)4-5-11(13)19)23-24-17(25)28-9-15(26)22-12-3-2-6-21-16(12)20/h2-7H,8-9H2,1H3,(H,22,26). The lowest BCUT2D eigenvalue weighted by atomic mass is 10.3. The lowest BCUT2D eigenvalue weighted by molar-refractivity contribution is -0.113. The van der Waals surface area contributed by atoms with Crippen LogP contribution in [-0.4, -0.2) is 31.4 Å². The fraction of sp³-hybridized carbons (Fsp3) is 0.176. The van der Waals surface area contributed by atoms with Crippen molar-refractivity contribution in [1.82, 2.24) is 19.7 Å². The third kappa shape index (κ3) is 5.29. The normalized spacial score (nSPS) is 10.7. The van der Waals surface area contributed by atoms with Crippen LogP contribution in [0.1, 0.15) is 5.82 Å². The number of carbonyl (C=O) groups is 1. The zero-order chi connectivity index (χ0) is 20.1. The lowest BCUT2D eigenvalue weighted by Gasteiger charge is -2.08. The molecule has 1 aromatic carbocycles. The van der Waals surface area contributed by atoms with Crippen LogP contribution in [0.15, 0.2) is 41.7 Å². The van der Waals surface area contributed by atoms with Gasteiger partial charge in [0.2, 0.25) is 5.91 Å². The molecule has 0 bridgehead atoms. The summed E-state index contributed by atoms with van der Waals surface area (Å²) in [7, 11) is 1.79. The number of nitrogens with one attached hydrogen (secondary N) is 1. The Morgan fingerprint density at radius 2 is 2.07 bits per heavy atom. The summed E-state index contributed by atoms with van der Waals surface area (Å²) in [4.78, 5) is 16.0. The van der Waals surface area contributed by atoms with E-state index in [1.807, 2.05) is 0 Å². The number of nitrogens with zero attached hydrogens (tertiary/aromatic N) is 4. The van der Waals surface area contributed by atoms with Gasteiger partial charge >= 0.3 is 0 Å². The van der Waals surface area contributed by atoms with Crippen LogP contribution in [0.3, 0.4) is 0 Å². The van der Waals surface area contributed by atoms with E-state index in [0.717, 1.165) is 0 Å². The molecule has 11 heteroatoms. The van der Waals surface area contributed by atoms with E-state index in [0.29, 0.717) is 32.5 Å². The van der Waals surface area contributed by atoms with E-state index < -0.39 is 0 Å². The topological polar surface area (TPSA) is 81.9 Å². The van der Waals surface area contributed by atoms with Crippen molar-refractivity contribution in [2.24, 2.45) is 7.05 Å². The first kappa shape index (κ1) is 20.7. The predicted molar refractivity (Wildman–Crippen MR) is 110 cm³/mol. The van der Waals surface area contributed by atoms with Gasteiger partial charge < -0.3 is 14.6 Å². The molecule has 3 aromatic rings. The Labute approximate surface area is 180 Å². The molecule has 2 aromatic heterocycles. The number of halogens is 3. The molecule has 1 amide bonds. The van der Waals surface area contributed by atoms with Crippen molar-refractivity contribution >= 4 is 58.2 Å². The van der Waals surface area contributed by atoms with Crippen molar-refractivity contribution in [3.8, 4) is 5.75 Å². The second-order valence-electron chi connectivity index (χ2n) is 5.50. The van der Waals surface area contributed by atoms with Crippen molar-refractivity contribution in [2.75, 3.05) is 11.1 Å². The minimum atomic E-state index is -0.230. The molecule has 0 fully saturated rings. The first-order valence-corrected chi connectivity index (χ1v) is 10.1. The minimum absolute atomic E-state index is 0.137. The molecule has 0 radical (unpaired) electrons. The molecule has 7 nitrogen and oxygen atoms in total. The highest BCUT2D eigenvalue weighted by molar-refractivity contribution is 7.99. The SMILES string of the molecule is Cn1c(COc2cc(Cl)ccc2Cl)nnc1SCC(=O)Nc1cccnc1Cl. The first-order valence-electron chi connectivity index (χ1n) is 7.93. The Morgan fingerprint density at radius 3 is 2.86 bits per heavy atom. The molecule has 3 rings (SSSR count). The Balaban J connectivity index is 1.56. The van der Waals surface area contributed by atoms with Gasteiger partial charge in [-0.05, 0) is 24.3 Å². The maximum absolute atomic E-state index is 12.1. The summed E-state index contributed by atoms with van der Waals surface area (Å²) in [5.41, 5.74) is 0.459. The monoisotopic (exact) mass is 457 g/mol. The van der Waals surface area contributed by atoms with Gasteiger partial charge in [0, 0.05) is 24.3 Å². The molecule has 0 unspecified atom stereocenters. The van der Waals surface area contributed by atoms with Gasteiger partial charge in [-0.2, -0.15) is 0 Å². The molecule has 0 spiro atoms. The van der Waals surface area contributed by atoms with Crippen LogP contribution >= 0.6 is 46.6 Å². The number of anilines is 1. The van der Waals surface area contributed by atoms with Gasteiger partial charge in [-0.15, -0.1) is 10.2 Å². The van der Waals surface area contributed by atoms with E-state index in [9.17, 15) is 4.79 Å². The van der Waals surface area contributed by atoms with Gasteiger partial charge in [0.1, 0.15) is 12.4 Å². The van der Waals surface area contributed by atoms with Crippen molar-refractivity contribution in [3.63, 3.8) is 0 Å². The van der Waals surface area contributed by atoms with E-state index in [1.165, 1.54) is 11.8 Å². The Bertz CT molecular complexity index is 999. The molecule has 0 aliphatic heterocycles. The molecule has 1 N–H and O–H groups in total. The first-order chi connectivity index (χ1) is 13.4. The molecule has 0 atom stereocenters. The summed E-state index contributed by atoms with van der Waals surface area (Å²) in [6, 6.07) is 8.33. The highest BCUT2D eigenvalue weighted by Gasteiger charge is 2.14. The number of benzene rings is 1. The van der Waals surface area contributed by atoms with Gasteiger partial charge in [0.25, 0.3) is 0 Å². The van der Waals surface area contributed by atoms with Crippen LogP contribution in [0.4, 0.5) is 5.69 Å². The van der Waals surface area contributed by atoms with Crippen molar-refractivity contribution in [1.29, 1.82) is 0 Å². The summed E-state index contributed by atoms with van der Waals surface area (Å²) in [6.45, 7) is 0.154. The summed E-state index contributed by atoms with van der Waals surface area (Å²) in [5.74, 6) is 0.942. The van der Waals surface area contributed by atoms with Gasteiger partial charge in [-0.25, -0.2) is 4.98 Å². The van der Waals surface area contributed by atoms with Crippen LogP contribution in [0.5, 0.6) is 5.75 Å². The minimum Gasteiger partial charge on any atom is -0.484 e. The molecule has 0 aliphatic carbocycles. The van der Waals surface area contributed by atoms with E-state index in [1.54, 1.807) is 48.1 Å². The van der Waals surface area contributed by atoms with Gasteiger partial charge in [-0.3, -0.25) is 4.79 Å². The van der Waals surface area contributed by atoms with Crippen molar-refractivity contribution in [3.05, 3.63) is 57.6 Å². The number of hydrogen-bond acceptors (Lipinski definition) is 6. The fourth-order valence-corrected chi connectivity index (χ4v) is 3.35. The maximum atomic E-state index is 12.1. The van der Waals surface area contributed by atoms with Crippen LogP contribution < -0.4 is 10.1 Å². The van der Waals surface area contributed by atoms with E-state index in [-0.39, 0.29) is 23.4 Å². The van der Waals surface area contributed by atoms with Gasteiger partial charge in [-0.1, -0.05) is 46.6 Å². The highest BCUT2D eigenvalue weighted by atomic mass is 35.5. The van der Waals surface area contributed by atoms with Gasteiger partial charge in [0.15, 0.2) is 16.1 Å². The molecular formula is C17H14Cl3N5O2S. The number of carbonyl (C=O) groups excluding carboxylic acids is 1. The molecule has 0 saturated heterocycles. The number of ether oxygens (including phenoxy) is 1. The maximum Gasteiger partial charge on any atom is 0.234 e. The van der Waals surface area contributed by atoms with E-state index in [4.69, 9.17) is 39.5 Å². The molecule has 0 aliphatic rings. The number of amides is 1. The number of aromatic nitrogens is 4. The van der Waals surface area contributed by atoms with Crippen molar-refractivity contribution < 1.29 is 9.53 Å². The molecule has 0 saturated carbocycles. The number of thioether (sulfide) groups is 1. The van der Waals surface area contributed by atoms with Crippen molar-refractivity contribution in [2.45, 2.75) is 11.8 Å². The van der Waals surface area contributed by atoms with E-state index >= 15 is 0 Å². The summed E-state index contributed by atoms with van der Waals surface area (Å²) < 4.78 is 7.41. The van der Waals surface area contributed by atoms with Crippen LogP contribution in [0, 0.1) is 0 Å². The summed E-state index contributed by atoms with van der Waals surface area (Å²) >= 11 is 19.2. The molecular weight excluding hydrogens is 445 g/mol. The third-order valence-electron chi connectivity index (χ3n) is 3.54. The quantitative estimate of drug-likeness (QED) is 0.415. The number of pyridine rings is 1. The second kappa shape index (κ2) is 9.47. The van der Waals surface area contributed by atoms with E-state index in [2.05, 4.69) is 20.5 Å². The van der Waals surface area contributed by atoms with Crippen LogP contribution in [-0.2, 0) is 18.4 Å². The summed E-state index contributed by atoms with van der Waals surface area (Å²) in [5, 5.41) is 12.7. The largest absolute Gasteiger partial charge is 0.484 e. The van der Waals surface area contributed by atoms with Crippen LogP contribution in [0.25, 0.3) is 0 Å². The molecule has 146 valence electrons. The Morgan fingerprint density at radius 1 is 1.25 bits per heavy atom. The third-order valence-corrected chi connectivity index (χ3v) is 5.41. The zero-order valence-corrected chi connectivity index (χ0v) is 17.6. The highest BCUT2D eigenvalue weighted by Crippen LogP contribution is 2.28. The number of hydrogen-bond donors (Lipinski definition) is 1. The smallest absolute Gasteiger partial charge is 0.234 e.